The highest BCUT2D eigenvalue weighted by Crippen LogP contribution is 2.25. The second-order valence-electron chi connectivity index (χ2n) is 2.52. The van der Waals surface area contributed by atoms with E-state index < -0.39 is 0 Å². The molecule has 78 valence electrons. The Balaban J connectivity index is 2.64. The van der Waals surface area contributed by atoms with E-state index in [4.69, 9.17) is 16.7 Å². The molecular formula is C8H12ClN3OS. The summed E-state index contributed by atoms with van der Waals surface area (Å²) in [5.74, 6) is 1.36. The summed E-state index contributed by atoms with van der Waals surface area (Å²) in [6, 6.07) is 0. The maximum absolute atomic E-state index is 8.62. The van der Waals surface area contributed by atoms with Gasteiger partial charge in [0.1, 0.15) is 5.03 Å². The summed E-state index contributed by atoms with van der Waals surface area (Å²) < 4.78 is 0. The highest BCUT2D eigenvalue weighted by atomic mass is 35.5. The van der Waals surface area contributed by atoms with Crippen LogP contribution in [0.5, 0.6) is 0 Å². The van der Waals surface area contributed by atoms with E-state index in [0.717, 1.165) is 17.2 Å². The number of hydrogen-bond acceptors (Lipinski definition) is 5. The SMILES string of the molecule is CNc1ncc(Cl)c(SCCCO)n1. The number of anilines is 1. The van der Waals surface area contributed by atoms with E-state index in [2.05, 4.69) is 15.3 Å². The van der Waals surface area contributed by atoms with E-state index in [9.17, 15) is 0 Å². The van der Waals surface area contributed by atoms with Gasteiger partial charge in [-0.1, -0.05) is 11.6 Å². The lowest BCUT2D eigenvalue weighted by molar-refractivity contribution is 0.296. The molecule has 1 aromatic heterocycles. The molecule has 0 bridgehead atoms. The van der Waals surface area contributed by atoms with Gasteiger partial charge in [0.25, 0.3) is 0 Å². The summed E-state index contributed by atoms with van der Waals surface area (Å²) in [6.45, 7) is 0.189. The zero-order valence-corrected chi connectivity index (χ0v) is 9.40. The lowest BCUT2D eigenvalue weighted by Crippen LogP contribution is -1.97. The largest absolute Gasteiger partial charge is 0.396 e. The van der Waals surface area contributed by atoms with Gasteiger partial charge in [-0.2, -0.15) is 0 Å². The summed E-state index contributed by atoms with van der Waals surface area (Å²) in [5, 5.41) is 12.8. The van der Waals surface area contributed by atoms with Gasteiger partial charge in [0.2, 0.25) is 5.95 Å². The Kier molecular flexibility index (Phi) is 5.00. The van der Waals surface area contributed by atoms with Crippen molar-refractivity contribution < 1.29 is 5.11 Å². The minimum Gasteiger partial charge on any atom is -0.396 e. The van der Waals surface area contributed by atoms with Gasteiger partial charge in [-0.05, 0) is 6.42 Å². The predicted octanol–water partition coefficient (Wildman–Crippen LogP) is 1.65. The molecule has 0 fully saturated rings. The average Bonchev–Trinajstić information content (AvgIpc) is 2.21. The van der Waals surface area contributed by atoms with Crippen LogP contribution >= 0.6 is 23.4 Å². The Morgan fingerprint density at radius 1 is 1.64 bits per heavy atom. The highest BCUT2D eigenvalue weighted by Gasteiger charge is 2.04. The number of nitrogens with zero attached hydrogens (tertiary/aromatic N) is 2. The predicted molar refractivity (Wildman–Crippen MR) is 59.0 cm³/mol. The monoisotopic (exact) mass is 233 g/mol. The summed E-state index contributed by atoms with van der Waals surface area (Å²) >= 11 is 7.41. The smallest absolute Gasteiger partial charge is 0.223 e. The molecule has 0 saturated heterocycles. The molecule has 0 saturated carbocycles. The molecule has 1 heterocycles. The fourth-order valence-corrected chi connectivity index (χ4v) is 1.87. The Morgan fingerprint density at radius 2 is 2.43 bits per heavy atom. The van der Waals surface area contributed by atoms with Crippen molar-refractivity contribution in [3.63, 3.8) is 0 Å². The van der Waals surface area contributed by atoms with Gasteiger partial charge in [0.05, 0.1) is 11.2 Å². The van der Waals surface area contributed by atoms with E-state index in [-0.39, 0.29) is 6.61 Å². The van der Waals surface area contributed by atoms with Crippen molar-refractivity contribution in [2.75, 3.05) is 24.7 Å². The minimum atomic E-state index is 0.189. The summed E-state index contributed by atoms with van der Waals surface area (Å²) in [6.07, 6.45) is 2.31. The van der Waals surface area contributed by atoms with Crippen LogP contribution in [0.1, 0.15) is 6.42 Å². The second kappa shape index (κ2) is 6.06. The lowest BCUT2D eigenvalue weighted by Gasteiger charge is -2.04. The minimum absolute atomic E-state index is 0.189. The van der Waals surface area contributed by atoms with Crippen molar-refractivity contribution in [1.29, 1.82) is 0 Å². The summed E-state index contributed by atoms with van der Waals surface area (Å²) in [5.41, 5.74) is 0. The van der Waals surface area contributed by atoms with E-state index in [1.54, 1.807) is 13.2 Å². The van der Waals surface area contributed by atoms with Crippen LogP contribution in [0.15, 0.2) is 11.2 Å². The van der Waals surface area contributed by atoms with Gasteiger partial charge in [-0.15, -0.1) is 11.8 Å². The first kappa shape index (κ1) is 11.6. The van der Waals surface area contributed by atoms with Crippen LogP contribution in [0.4, 0.5) is 5.95 Å². The summed E-state index contributed by atoms with van der Waals surface area (Å²) in [7, 11) is 1.76. The average molecular weight is 234 g/mol. The number of nitrogens with one attached hydrogen (secondary N) is 1. The van der Waals surface area contributed by atoms with Gasteiger partial charge >= 0.3 is 0 Å². The second-order valence-corrected chi connectivity index (χ2v) is 4.01. The molecule has 0 aliphatic carbocycles. The zero-order valence-electron chi connectivity index (χ0n) is 7.83. The standard InChI is InChI=1S/C8H12ClN3OS/c1-10-8-11-5-6(9)7(12-8)14-4-2-3-13/h5,13H,2-4H2,1H3,(H,10,11,12). The van der Waals surface area contributed by atoms with Crippen LogP contribution in [0.25, 0.3) is 0 Å². The van der Waals surface area contributed by atoms with Crippen molar-refractivity contribution in [2.24, 2.45) is 0 Å². The molecule has 0 unspecified atom stereocenters. The molecule has 2 N–H and O–H groups in total. The first-order chi connectivity index (χ1) is 6.77. The van der Waals surface area contributed by atoms with Crippen molar-refractivity contribution in [1.82, 2.24) is 9.97 Å². The quantitative estimate of drug-likeness (QED) is 0.460. The fraction of sp³-hybridized carbons (Fsp3) is 0.500. The maximum Gasteiger partial charge on any atom is 0.223 e. The van der Waals surface area contributed by atoms with Crippen LogP contribution in [0.2, 0.25) is 5.02 Å². The van der Waals surface area contributed by atoms with Crippen molar-refractivity contribution in [2.45, 2.75) is 11.4 Å². The third-order valence-electron chi connectivity index (χ3n) is 1.48. The van der Waals surface area contributed by atoms with Crippen molar-refractivity contribution in [3.8, 4) is 0 Å². The van der Waals surface area contributed by atoms with Gasteiger partial charge < -0.3 is 10.4 Å². The Labute approximate surface area is 92.1 Å². The Hall–Kier alpha value is -0.520. The van der Waals surface area contributed by atoms with Gasteiger partial charge in [-0.25, -0.2) is 9.97 Å². The van der Waals surface area contributed by atoms with E-state index in [1.165, 1.54) is 11.8 Å². The summed E-state index contributed by atoms with van der Waals surface area (Å²) in [4.78, 5) is 8.16. The normalized spacial score (nSPS) is 10.2. The molecule has 0 aromatic carbocycles. The van der Waals surface area contributed by atoms with E-state index in [0.29, 0.717) is 11.0 Å². The molecule has 0 aliphatic heterocycles. The number of aromatic nitrogens is 2. The van der Waals surface area contributed by atoms with Crippen LogP contribution < -0.4 is 5.32 Å². The van der Waals surface area contributed by atoms with Gasteiger partial charge in [-0.3, -0.25) is 0 Å². The maximum atomic E-state index is 8.62. The van der Waals surface area contributed by atoms with Crippen molar-refractivity contribution in [3.05, 3.63) is 11.2 Å². The molecule has 0 radical (unpaired) electrons. The number of aliphatic hydroxyl groups excluding tert-OH is 1. The molecule has 1 aromatic rings. The molecule has 0 amide bonds. The number of aliphatic hydroxyl groups is 1. The van der Waals surface area contributed by atoms with E-state index >= 15 is 0 Å². The van der Waals surface area contributed by atoms with Crippen LogP contribution in [-0.4, -0.2) is 34.5 Å². The molecular weight excluding hydrogens is 222 g/mol. The van der Waals surface area contributed by atoms with Crippen LogP contribution in [-0.2, 0) is 0 Å². The molecule has 14 heavy (non-hydrogen) atoms. The van der Waals surface area contributed by atoms with Gasteiger partial charge in [0, 0.05) is 19.4 Å². The highest BCUT2D eigenvalue weighted by molar-refractivity contribution is 7.99. The fourth-order valence-electron chi connectivity index (χ4n) is 0.807. The molecule has 4 nitrogen and oxygen atoms in total. The number of hydrogen-bond donors (Lipinski definition) is 2. The third kappa shape index (κ3) is 3.32. The Bertz CT molecular complexity index is 298. The first-order valence-corrected chi connectivity index (χ1v) is 5.58. The molecule has 0 atom stereocenters. The van der Waals surface area contributed by atoms with Crippen molar-refractivity contribution >= 4 is 29.3 Å². The van der Waals surface area contributed by atoms with Crippen LogP contribution in [0.3, 0.4) is 0 Å². The number of halogens is 1. The number of rotatable bonds is 5. The topological polar surface area (TPSA) is 58.0 Å². The molecule has 0 aliphatic rings. The lowest BCUT2D eigenvalue weighted by atomic mass is 10.5. The Morgan fingerprint density at radius 3 is 3.07 bits per heavy atom. The number of thioether (sulfide) groups is 1. The van der Waals surface area contributed by atoms with Crippen LogP contribution in [0, 0.1) is 0 Å². The van der Waals surface area contributed by atoms with Gasteiger partial charge in [0.15, 0.2) is 0 Å². The molecule has 6 heteroatoms. The van der Waals surface area contributed by atoms with E-state index in [1.807, 2.05) is 0 Å². The third-order valence-corrected chi connectivity index (χ3v) is 2.94. The first-order valence-electron chi connectivity index (χ1n) is 4.22. The molecule has 0 spiro atoms. The molecule has 1 rings (SSSR count). The zero-order chi connectivity index (χ0) is 10.4.